The van der Waals surface area contributed by atoms with E-state index >= 15 is 0 Å². The van der Waals surface area contributed by atoms with Gasteiger partial charge in [0.2, 0.25) is 5.91 Å². The van der Waals surface area contributed by atoms with E-state index in [2.05, 4.69) is 15.6 Å². The number of hydrogen-bond donors (Lipinski definition) is 1. The summed E-state index contributed by atoms with van der Waals surface area (Å²) in [4.78, 5) is 11.9. The van der Waals surface area contributed by atoms with Crippen molar-refractivity contribution in [2.45, 2.75) is 25.5 Å². The third kappa shape index (κ3) is 2.73. The first kappa shape index (κ1) is 12.1. The van der Waals surface area contributed by atoms with Crippen molar-refractivity contribution in [3.05, 3.63) is 24.3 Å². The molecule has 0 radical (unpaired) electrons. The van der Waals surface area contributed by atoms with E-state index in [1.54, 1.807) is 4.68 Å². The van der Waals surface area contributed by atoms with Gasteiger partial charge in [-0.3, -0.25) is 4.79 Å². The van der Waals surface area contributed by atoms with Crippen molar-refractivity contribution in [3.63, 3.8) is 0 Å². The molecule has 3 rings (SSSR count). The minimum Gasteiger partial charge on any atom is -0.376 e. The number of ether oxygens (including phenoxy) is 1. The van der Waals surface area contributed by atoms with Crippen LogP contribution in [0.3, 0.4) is 0 Å². The molecule has 19 heavy (non-hydrogen) atoms. The van der Waals surface area contributed by atoms with Gasteiger partial charge in [0.05, 0.1) is 11.6 Å². The van der Waals surface area contributed by atoms with Crippen LogP contribution in [0, 0.1) is 0 Å². The number of carbonyl (C=O) groups is 1. The van der Waals surface area contributed by atoms with E-state index in [0.717, 1.165) is 30.5 Å². The molecule has 1 aliphatic rings. The molecular formula is C13H16N4O2. The van der Waals surface area contributed by atoms with Crippen LogP contribution in [0.15, 0.2) is 24.3 Å². The van der Waals surface area contributed by atoms with E-state index in [0.29, 0.717) is 6.54 Å². The second-order valence-corrected chi connectivity index (χ2v) is 4.67. The van der Waals surface area contributed by atoms with Gasteiger partial charge in [0.25, 0.3) is 0 Å². The molecule has 0 spiro atoms. The number of aromatic nitrogens is 3. The van der Waals surface area contributed by atoms with Gasteiger partial charge in [0.1, 0.15) is 12.1 Å². The highest BCUT2D eigenvalue weighted by Gasteiger charge is 2.16. The number of carbonyl (C=O) groups excluding carboxylic acids is 1. The molecule has 1 N–H and O–H groups in total. The SMILES string of the molecule is O=C(Cn1nnc2ccccc21)NCC1CCCO1. The lowest BCUT2D eigenvalue weighted by atomic mass is 10.2. The fourth-order valence-corrected chi connectivity index (χ4v) is 2.26. The number of hydrogen-bond acceptors (Lipinski definition) is 4. The van der Waals surface area contributed by atoms with Crippen molar-refractivity contribution in [3.8, 4) is 0 Å². The Bertz CT molecular complexity index is 575. The van der Waals surface area contributed by atoms with Crippen LogP contribution in [-0.2, 0) is 16.1 Å². The Hall–Kier alpha value is -1.95. The Morgan fingerprint density at radius 2 is 2.37 bits per heavy atom. The largest absolute Gasteiger partial charge is 0.376 e. The Morgan fingerprint density at radius 1 is 1.47 bits per heavy atom. The highest BCUT2D eigenvalue weighted by atomic mass is 16.5. The minimum atomic E-state index is -0.0637. The first-order valence-electron chi connectivity index (χ1n) is 6.49. The average Bonchev–Trinajstić information content (AvgIpc) is 3.07. The van der Waals surface area contributed by atoms with Crippen LogP contribution in [0.1, 0.15) is 12.8 Å². The number of amides is 1. The second kappa shape index (κ2) is 5.36. The predicted molar refractivity (Wildman–Crippen MR) is 69.5 cm³/mol. The van der Waals surface area contributed by atoms with Gasteiger partial charge in [-0.05, 0) is 25.0 Å². The molecule has 1 atom stereocenters. The zero-order chi connectivity index (χ0) is 13.1. The molecule has 1 unspecified atom stereocenters. The number of benzene rings is 1. The maximum atomic E-state index is 11.9. The molecule has 1 saturated heterocycles. The van der Waals surface area contributed by atoms with Crippen molar-refractivity contribution >= 4 is 16.9 Å². The summed E-state index contributed by atoms with van der Waals surface area (Å²) in [7, 11) is 0. The summed E-state index contributed by atoms with van der Waals surface area (Å²) in [5, 5.41) is 10.9. The highest BCUT2D eigenvalue weighted by molar-refractivity contribution is 5.79. The van der Waals surface area contributed by atoms with E-state index < -0.39 is 0 Å². The summed E-state index contributed by atoms with van der Waals surface area (Å²) in [5.41, 5.74) is 1.67. The van der Waals surface area contributed by atoms with Gasteiger partial charge in [-0.2, -0.15) is 0 Å². The van der Waals surface area contributed by atoms with Gasteiger partial charge in [0.15, 0.2) is 0 Å². The molecule has 2 aromatic rings. The summed E-state index contributed by atoms with van der Waals surface area (Å²) in [6.45, 7) is 1.56. The van der Waals surface area contributed by atoms with E-state index in [1.807, 2.05) is 24.3 Å². The second-order valence-electron chi connectivity index (χ2n) is 4.67. The van der Waals surface area contributed by atoms with E-state index in [-0.39, 0.29) is 18.6 Å². The zero-order valence-electron chi connectivity index (χ0n) is 10.6. The van der Waals surface area contributed by atoms with Crippen LogP contribution in [0.2, 0.25) is 0 Å². The topological polar surface area (TPSA) is 69.0 Å². The van der Waals surface area contributed by atoms with Crippen molar-refractivity contribution in [2.24, 2.45) is 0 Å². The Balaban J connectivity index is 1.59. The number of nitrogens with one attached hydrogen (secondary N) is 1. The van der Waals surface area contributed by atoms with Crippen molar-refractivity contribution in [1.82, 2.24) is 20.3 Å². The van der Waals surface area contributed by atoms with Crippen LogP contribution in [0.5, 0.6) is 0 Å². The van der Waals surface area contributed by atoms with Crippen molar-refractivity contribution in [2.75, 3.05) is 13.2 Å². The standard InChI is InChI=1S/C13H16N4O2/c18-13(14-8-10-4-3-7-19-10)9-17-12-6-2-1-5-11(12)15-16-17/h1-2,5-6,10H,3-4,7-9H2,(H,14,18). The lowest BCUT2D eigenvalue weighted by Gasteiger charge is -2.10. The number of nitrogens with zero attached hydrogens (tertiary/aromatic N) is 3. The maximum Gasteiger partial charge on any atom is 0.241 e. The fraction of sp³-hybridized carbons (Fsp3) is 0.462. The molecule has 6 heteroatoms. The molecule has 0 bridgehead atoms. The molecule has 1 aromatic heterocycles. The summed E-state index contributed by atoms with van der Waals surface area (Å²) in [6.07, 6.45) is 2.26. The molecule has 1 fully saturated rings. The minimum absolute atomic E-state index is 0.0637. The monoisotopic (exact) mass is 260 g/mol. The third-order valence-corrected chi connectivity index (χ3v) is 3.26. The van der Waals surface area contributed by atoms with Crippen molar-refractivity contribution < 1.29 is 9.53 Å². The zero-order valence-corrected chi connectivity index (χ0v) is 10.6. The lowest BCUT2D eigenvalue weighted by molar-refractivity contribution is -0.122. The van der Waals surface area contributed by atoms with E-state index in [4.69, 9.17) is 4.74 Å². The van der Waals surface area contributed by atoms with E-state index in [9.17, 15) is 4.79 Å². The third-order valence-electron chi connectivity index (χ3n) is 3.26. The predicted octanol–water partition coefficient (Wildman–Crippen LogP) is 0.726. The smallest absolute Gasteiger partial charge is 0.241 e. The van der Waals surface area contributed by atoms with E-state index in [1.165, 1.54) is 0 Å². The quantitative estimate of drug-likeness (QED) is 0.879. The Morgan fingerprint density at radius 3 is 3.21 bits per heavy atom. The van der Waals surface area contributed by atoms with Gasteiger partial charge < -0.3 is 10.1 Å². The molecule has 0 aliphatic carbocycles. The molecule has 1 amide bonds. The lowest BCUT2D eigenvalue weighted by Crippen LogP contribution is -2.34. The summed E-state index contributed by atoms with van der Waals surface area (Å²) in [5.74, 6) is -0.0637. The Labute approximate surface area is 110 Å². The van der Waals surface area contributed by atoms with Crippen LogP contribution in [0.25, 0.3) is 11.0 Å². The van der Waals surface area contributed by atoms with Crippen molar-refractivity contribution in [1.29, 1.82) is 0 Å². The Kier molecular flexibility index (Phi) is 3.41. The van der Waals surface area contributed by atoms with Crippen LogP contribution >= 0.6 is 0 Å². The molecule has 2 heterocycles. The molecule has 1 aliphatic heterocycles. The molecular weight excluding hydrogens is 244 g/mol. The summed E-state index contributed by atoms with van der Waals surface area (Å²) < 4.78 is 7.07. The average molecular weight is 260 g/mol. The van der Waals surface area contributed by atoms with Gasteiger partial charge >= 0.3 is 0 Å². The molecule has 100 valence electrons. The number of para-hydroxylation sites is 1. The van der Waals surface area contributed by atoms with Gasteiger partial charge in [-0.25, -0.2) is 4.68 Å². The first-order valence-corrected chi connectivity index (χ1v) is 6.49. The van der Waals surface area contributed by atoms with Gasteiger partial charge in [-0.1, -0.05) is 17.3 Å². The van der Waals surface area contributed by atoms with Gasteiger partial charge in [0, 0.05) is 13.2 Å². The fourth-order valence-electron chi connectivity index (χ4n) is 2.26. The molecule has 6 nitrogen and oxygen atoms in total. The maximum absolute atomic E-state index is 11.9. The normalized spacial score (nSPS) is 18.8. The highest BCUT2D eigenvalue weighted by Crippen LogP contribution is 2.11. The van der Waals surface area contributed by atoms with Crippen LogP contribution < -0.4 is 5.32 Å². The number of rotatable bonds is 4. The summed E-state index contributed by atoms with van der Waals surface area (Å²) >= 11 is 0. The van der Waals surface area contributed by atoms with Crippen LogP contribution in [-0.4, -0.2) is 40.2 Å². The molecule has 0 saturated carbocycles. The number of fused-ring (bicyclic) bond motifs is 1. The van der Waals surface area contributed by atoms with Gasteiger partial charge in [-0.15, -0.1) is 5.10 Å². The first-order chi connectivity index (χ1) is 9.33. The summed E-state index contributed by atoms with van der Waals surface area (Å²) in [6, 6.07) is 7.59. The molecule has 1 aromatic carbocycles. The van der Waals surface area contributed by atoms with Crippen LogP contribution in [0.4, 0.5) is 0 Å².